The number of hydrogen-bond acceptors (Lipinski definition) is 3. The van der Waals surface area contributed by atoms with Crippen molar-refractivity contribution in [3.63, 3.8) is 0 Å². The highest BCUT2D eigenvalue weighted by Crippen LogP contribution is 2.25. The van der Waals surface area contributed by atoms with Gasteiger partial charge in [-0.1, -0.05) is 11.6 Å². The van der Waals surface area contributed by atoms with Gasteiger partial charge in [-0.25, -0.2) is 0 Å². The molecule has 2 amide bonds. The second-order valence-corrected chi connectivity index (χ2v) is 7.74. The van der Waals surface area contributed by atoms with Gasteiger partial charge >= 0.3 is 0 Å². The van der Waals surface area contributed by atoms with Crippen molar-refractivity contribution in [2.24, 2.45) is 5.92 Å². The van der Waals surface area contributed by atoms with Gasteiger partial charge in [0.25, 0.3) is 5.91 Å². The Kier molecular flexibility index (Phi) is 4.57. The number of pyridine rings is 1. The van der Waals surface area contributed by atoms with Crippen LogP contribution in [0, 0.1) is 12.8 Å². The molecule has 2 aliphatic rings. The van der Waals surface area contributed by atoms with Gasteiger partial charge in [-0.05, 0) is 56.9 Å². The maximum atomic E-state index is 13.0. The van der Waals surface area contributed by atoms with Crippen molar-refractivity contribution in [2.75, 3.05) is 13.1 Å². The van der Waals surface area contributed by atoms with Crippen LogP contribution < -0.4 is 5.32 Å². The maximum Gasteiger partial charge on any atom is 0.255 e. The van der Waals surface area contributed by atoms with Crippen molar-refractivity contribution in [1.29, 1.82) is 0 Å². The van der Waals surface area contributed by atoms with Crippen LogP contribution in [0.3, 0.4) is 0 Å². The summed E-state index contributed by atoms with van der Waals surface area (Å²) < 4.78 is 0. The number of nitrogens with one attached hydrogen (secondary N) is 1. The fourth-order valence-corrected chi connectivity index (χ4v) is 3.70. The van der Waals surface area contributed by atoms with Gasteiger partial charge in [0, 0.05) is 35.5 Å². The lowest BCUT2D eigenvalue weighted by atomic mass is 9.95. The lowest BCUT2D eigenvalue weighted by Gasteiger charge is -2.31. The van der Waals surface area contributed by atoms with Gasteiger partial charge in [-0.3, -0.25) is 14.6 Å². The van der Waals surface area contributed by atoms with E-state index in [0.29, 0.717) is 29.7 Å². The molecular formula is C20H22ClN3O2. The van der Waals surface area contributed by atoms with Crippen molar-refractivity contribution in [3.05, 3.63) is 40.5 Å². The summed E-state index contributed by atoms with van der Waals surface area (Å²) in [7, 11) is 0. The largest absolute Gasteiger partial charge is 0.353 e. The Bertz CT molecular complexity index is 871. The van der Waals surface area contributed by atoms with Crippen molar-refractivity contribution in [3.8, 4) is 0 Å². The molecule has 0 radical (unpaired) electrons. The standard InChI is InChI=1S/C20H22ClN3O2/c1-12-17(11-14-10-15(21)2-5-18(14)22-12)20(26)24-8-6-13(7-9-24)19(25)23-16-3-4-16/h2,5,10-11,13,16H,3-4,6-9H2,1H3,(H,23,25). The number of fused-ring (bicyclic) bond motifs is 1. The smallest absolute Gasteiger partial charge is 0.255 e. The van der Waals surface area contributed by atoms with Crippen LogP contribution in [0.1, 0.15) is 41.7 Å². The zero-order valence-electron chi connectivity index (χ0n) is 14.8. The van der Waals surface area contributed by atoms with E-state index < -0.39 is 0 Å². The number of hydrogen-bond donors (Lipinski definition) is 1. The van der Waals surface area contributed by atoms with Crippen molar-refractivity contribution in [2.45, 2.75) is 38.6 Å². The average Bonchev–Trinajstić information content (AvgIpc) is 3.45. The molecule has 1 aromatic heterocycles. The molecule has 1 saturated heterocycles. The van der Waals surface area contributed by atoms with Gasteiger partial charge in [-0.2, -0.15) is 0 Å². The highest BCUT2D eigenvalue weighted by atomic mass is 35.5. The monoisotopic (exact) mass is 371 g/mol. The van der Waals surface area contributed by atoms with E-state index in [0.717, 1.165) is 42.3 Å². The van der Waals surface area contributed by atoms with Crippen LogP contribution >= 0.6 is 11.6 Å². The van der Waals surface area contributed by atoms with Crippen LogP contribution in [-0.4, -0.2) is 40.8 Å². The van der Waals surface area contributed by atoms with Gasteiger partial charge in [0.05, 0.1) is 16.8 Å². The molecule has 2 fully saturated rings. The summed E-state index contributed by atoms with van der Waals surface area (Å²) in [5.41, 5.74) is 2.16. The first-order valence-corrected chi connectivity index (χ1v) is 9.55. The van der Waals surface area contributed by atoms with Crippen molar-refractivity contribution in [1.82, 2.24) is 15.2 Å². The third-order valence-corrected chi connectivity index (χ3v) is 5.51. The first kappa shape index (κ1) is 17.3. The normalized spacial score (nSPS) is 18.2. The number of carbonyl (C=O) groups excluding carboxylic acids is 2. The van der Waals surface area contributed by atoms with Crippen molar-refractivity contribution >= 4 is 34.3 Å². The fraction of sp³-hybridized carbons (Fsp3) is 0.450. The van der Waals surface area contributed by atoms with E-state index in [2.05, 4.69) is 10.3 Å². The Morgan fingerprint density at radius 3 is 2.58 bits per heavy atom. The molecule has 0 atom stereocenters. The maximum absolute atomic E-state index is 13.0. The molecule has 1 saturated carbocycles. The van der Waals surface area contributed by atoms with Gasteiger partial charge in [0.15, 0.2) is 0 Å². The first-order chi connectivity index (χ1) is 12.5. The number of piperidine rings is 1. The molecule has 26 heavy (non-hydrogen) atoms. The lowest BCUT2D eigenvalue weighted by Crippen LogP contribution is -2.43. The molecule has 1 aromatic carbocycles. The topological polar surface area (TPSA) is 62.3 Å². The number of carbonyl (C=O) groups is 2. The number of halogens is 1. The van der Waals surface area contributed by atoms with Gasteiger partial charge in [0.2, 0.25) is 5.91 Å². The molecule has 1 N–H and O–H groups in total. The summed E-state index contributed by atoms with van der Waals surface area (Å²) in [6.45, 7) is 3.07. The number of amides is 2. The van der Waals surface area contributed by atoms with Gasteiger partial charge in [0.1, 0.15) is 0 Å². The molecule has 5 nitrogen and oxygen atoms in total. The Morgan fingerprint density at radius 1 is 1.15 bits per heavy atom. The minimum Gasteiger partial charge on any atom is -0.353 e. The molecule has 6 heteroatoms. The number of rotatable bonds is 3. The van der Waals surface area contributed by atoms with Crippen LogP contribution in [0.5, 0.6) is 0 Å². The molecule has 0 spiro atoms. The summed E-state index contributed by atoms with van der Waals surface area (Å²) in [6, 6.07) is 7.75. The highest BCUT2D eigenvalue weighted by molar-refractivity contribution is 6.31. The van der Waals surface area contributed by atoms with Crippen LogP contribution in [0.25, 0.3) is 10.9 Å². The van der Waals surface area contributed by atoms with Crippen LogP contribution in [-0.2, 0) is 4.79 Å². The molecule has 0 bridgehead atoms. The summed E-state index contributed by atoms with van der Waals surface area (Å²) in [6.07, 6.45) is 3.63. The summed E-state index contributed by atoms with van der Waals surface area (Å²) in [5, 5.41) is 4.56. The first-order valence-electron chi connectivity index (χ1n) is 9.18. The van der Waals surface area contributed by atoms with Crippen molar-refractivity contribution < 1.29 is 9.59 Å². The predicted octanol–water partition coefficient (Wildman–Crippen LogP) is 3.33. The molecule has 2 aromatic rings. The SMILES string of the molecule is Cc1nc2ccc(Cl)cc2cc1C(=O)N1CCC(C(=O)NC2CC2)CC1. The zero-order valence-corrected chi connectivity index (χ0v) is 15.6. The molecular weight excluding hydrogens is 350 g/mol. The van der Waals surface area contributed by atoms with E-state index in [1.165, 1.54) is 0 Å². The van der Waals surface area contributed by atoms with E-state index in [1.54, 1.807) is 6.07 Å². The second-order valence-electron chi connectivity index (χ2n) is 7.31. The van der Waals surface area contributed by atoms with Crippen LogP contribution in [0.4, 0.5) is 0 Å². The highest BCUT2D eigenvalue weighted by Gasteiger charge is 2.31. The summed E-state index contributed by atoms with van der Waals surface area (Å²) in [5.74, 6) is 0.157. The predicted molar refractivity (Wildman–Crippen MR) is 101 cm³/mol. The Labute approximate surface area is 157 Å². The van der Waals surface area contributed by atoms with Crippen LogP contribution in [0.2, 0.25) is 5.02 Å². The quantitative estimate of drug-likeness (QED) is 0.900. The third-order valence-electron chi connectivity index (χ3n) is 5.27. The Balaban J connectivity index is 1.47. The van der Waals surface area contributed by atoms with E-state index in [-0.39, 0.29) is 17.7 Å². The number of nitrogens with zero attached hydrogens (tertiary/aromatic N) is 2. The number of likely N-dealkylation sites (tertiary alicyclic amines) is 1. The van der Waals surface area contributed by atoms with Crippen LogP contribution in [0.15, 0.2) is 24.3 Å². The molecule has 1 aliphatic carbocycles. The van der Waals surface area contributed by atoms with E-state index >= 15 is 0 Å². The third kappa shape index (κ3) is 3.54. The number of benzene rings is 1. The second kappa shape index (κ2) is 6.88. The number of aryl methyl sites for hydroxylation is 1. The minimum absolute atomic E-state index is 0.0158. The Hall–Kier alpha value is -2.14. The molecule has 1 aliphatic heterocycles. The summed E-state index contributed by atoms with van der Waals surface area (Å²) in [4.78, 5) is 31.5. The fourth-order valence-electron chi connectivity index (χ4n) is 3.52. The zero-order chi connectivity index (χ0) is 18.3. The van der Waals surface area contributed by atoms with Gasteiger partial charge < -0.3 is 10.2 Å². The molecule has 4 rings (SSSR count). The van der Waals surface area contributed by atoms with E-state index in [4.69, 9.17) is 11.6 Å². The van der Waals surface area contributed by atoms with E-state index in [1.807, 2.05) is 30.0 Å². The van der Waals surface area contributed by atoms with E-state index in [9.17, 15) is 9.59 Å². The Morgan fingerprint density at radius 2 is 1.88 bits per heavy atom. The molecule has 0 unspecified atom stereocenters. The van der Waals surface area contributed by atoms with Gasteiger partial charge in [-0.15, -0.1) is 0 Å². The number of aromatic nitrogens is 1. The minimum atomic E-state index is -0.0158. The lowest BCUT2D eigenvalue weighted by molar-refractivity contribution is -0.126. The molecule has 2 heterocycles. The summed E-state index contributed by atoms with van der Waals surface area (Å²) >= 11 is 6.06. The average molecular weight is 372 g/mol. The molecule has 136 valence electrons.